The highest BCUT2D eigenvalue weighted by Crippen LogP contribution is 2.20. The summed E-state index contributed by atoms with van der Waals surface area (Å²) in [5, 5.41) is 14.1. The second-order valence-electron chi connectivity index (χ2n) is 8.25. The number of nitrogens with zero attached hydrogens (tertiary/aromatic N) is 1. The van der Waals surface area contributed by atoms with E-state index in [1.165, 1.54) is 46.2 Å². The van der Waals surface area contributed by atoms with Gasteiger partial charge >= 0.3 is 6.03 Å². The minimum Gasteiger partial charge on any atom is -0.497 e. The first-order valence-corrected chi connectivity index (χ1v) is 13.1. The van der Waals surface area contributed by atoms with E-state index in [0.29, 0.717) is 23.4 Å². The normalized spacial score (nSPS) is 11.2. The van der Waals surface area contributed by atoms with E-state index in [9.17, 15) is 22.4 Å². The topological polar surface area (TPSA) is 137 Å². The van der Waals surface area contributed by atoms with Gasteiger partial charge in [-0.3, -0.25) is 10.0 Å². The van der Waals surface area contributed by atoms with Gasteiger partial charge in [-0.2, -0.15) is 4.31 Å². The molecule has 0 heterocycles. The molecule has 10 nitrogen and oxygen atoms in total. The number of methoxy groups -OCH3 is 1. The third-order valence-corrected chi connectivity index (χ3v) is 7.55. The van der Waals surface area contributed by atoms with E-state index in [2.05, 4.69) is 10.6 Å². The van der Waals surface area contributed by atoms with E-state index in [-0.39, 0.29) is 36.8 Å². The van der Waals surface area contributed by atoms with Crippen molar-refractivity contribution < 1.29 is 32.3 Å². The van der Waals surface area contributed by atoms with Gasteiger partial charge in [-0.1, -0.05) is 24.3 Å². The van der Waals surface area contributed by atoms with Crippen LogP contribution in [0.1, 0.15) is 17.5 Å². The number of amides is 3. The molecule has 3 amide bonds. The molecular formula is C26H29FN4O6S. The van der Waals surface area contributed by atoms with E-state index in [4.69, 9.17) is 9.94 Å². The Morgan fingerprint density at radius 1 is 0.921 bits per heavy atom. The van der Waals surface area contributed by atoms with Crippen LogP contribution < -0.4 is 20.9 Å². The van der Waals surface area contributed by atoms with Crippen LogP contribution in [0.5, 0.6) is 5.75 Å². The van der Waals surface area contributed by atoms with Crippen molar-refractivity contribution in [1.82, 2.24) is 15.1 Å². The lowest BCUT2D eigenvalue weighted by atomic mass is 10.1. The summed E-state index contributed by atoms with van der Waals surface area (Å²) in [5.41, 5.74) is 3.47. The highest BCUT2D eigenvalue weighted by molar-refractivity contribution is 7.89. The van der Waals surface area contributed by atoms with Crippen LogP contribution in [-0.2, 0) is 27.8 Å². The van der Waals surface area contributed by atoms with E-state index in [1.807, 2.05) is 12.1 Å². The molecule has 0 fully saturated rings. The molecule has 4 N–H and O–H groups in total. The molecule has 3 aromatic carbocycles. The van der Waals surface area contributed by atoms with Crippen LogP contribution in [0.4, 0.5) is 14.9 Å². The van der Waals surface area contributed by atoms with Crippen LogP contribution in [0, 0.1) is 5.82 Å². The molecular weight excluding hydrogens is 515 g/mol. The van der Waals surface area contributed by atoms with Gasteiger partial charge in [-0.15, -0.1) is 0 Å². The molecule has 0 aromatic heterocycles. The van der Waals surface area contributed by atoms with Gasteiger partial charge in [0.2, 0.25) is 15.9 Å². The van der Waals surface area contributed by atoms with Crippen LogP contribution >= 0.6 is 0 Å². The van der Waals surface area contributed by atoms with Gasteiger partial charge in [0.15, 0.2) is 0 Å². The molecule has 12 heteroatoms. The van der Waals surface area contributed by atoms with Crippen molar-refractivity contribution in [3.63, 3.8) is 0 Å². The van der Waals surface area contributed by atoms with E-state index in [0.717, 1.165) is 5.56 Å². The summed E-state index contributed by atoms with van der Waals surface area (Å²) in [5.74, 6) is -0.402. The smallest absolute Gasteiger partial charge is 0.319 e. The molecule has 3 rings (SSSR count). The SMILES string of the molecule is COc1ccc(CCN(CCC(=O)NO)S(=O)(=O)c2ccc(NC(=O)NCc3ccc(F)cc3)cc2)cc1. The molecule has 0 atom stereocenters. The van der Waals surface area contributed by atoms with Gasteiger partial charge in [-0.25, -0.2) is 23.1 Å². The molecule has 3 aromatic rings. The lowest BCUT2D eigenvalue weighted by Crippen LogP contribution is -2.36. The zero-order valence-corrected chi connectivity index (χ0v) is 21.5. The third kappa shape index (κ3) is 8.26. The lowest BCUT2D eigenvalue weighted by Gasteiger charge is -2.22. The van der Waals surface area contributed by atoms with E-state index >= 15 is 0 Å². The second kappa shape index (κ2) is 13.5. The van der Waals surface area contributed by atoms with Crippen molar-refractivity contribution in [1.29, 1.82) is 0 Å². The fourth-order valence-electron chi connectivity index (χ4n) is 3.50. The van der Waals surface area contributed by atoms with Crippen molar-refractivity contribution in [2.45, 2.75) is 24.3 Å². The number of carbonyl (C=O) groups is 2. The summed E-state index contributed by atoms with van der Waals surface area (Å²) < 4.78 is 46.0. The van der Waals surface area contributed by atoms with Crippen LogP contribution in [-0.4, -0.2) is 50.1 Å². The first-order chi connectivity index (χ1) is 18.2. The van der Waals surface area contributed by atoms with Crippen LogP contribution in [0.2, 0.25) is 0 Å². The van der Waals surface area contributed by atoms with Crippen LogP contribution in [0.25, 0.3) is 0 Å². The van der Waals surface area contributed by atoms with Gasteiger partial charge in [0.25, 0.3) is 0 Å². The summed E-state index contributed by atoms with van der Waals surface area (Å²) in [6, 6.07) is 18.0. The van der Waals surface area contributed by atoms with Crippen molar-refractivity contribution in [3.8, 4) is 5.75 Å². The van der Waals surface area contributed by atoms with Crippen molar-refractivity contribution >= 4 is 27.6 Å². The Morgan fingerprint density at radius 2 is 1.55 bits per heavy atom. The quantitative estimate of drug-likeness (QED) is 0.204. The van der Waals surface area contributed by atoms with Gasteiger partial charge < -0.3 is 15.4 Å². The number of hydrogen-bond acceptors (Lipinski definition) is 6. The Morgan fingerprint density at radius 3 is 2.16 bits per heavy atom. The highest BCUT2D eigenvalue weighted by atomic mass is 32.2. The van der Waals surface area contributed by atoms with E-state index < -0.39 is 22.0 Å². The fourth-order valence-corrected chi connectivity index (χ4v) is 4.94. The maximum atomic E-state index is 13.4. The fraction of sp³-hybridized carbons (Fsp3) is 0.231. The second-order valence-corrected chi connectivity index (χ2v) is 10.2. The Bertz CT molecular complexity index is 1320. The van der Waals surface area contributed by atoms with Crippen LogP contribution in [0.15, 0.2) is 77.7 Å². The van der Waals surface area contributed by atoms with Crippen molar-refractivity contribution in [2.24, 2.45) is 0 Å². The summed E-state index contributed by atoms with van der Waals surface area (Å²) >= 11 is 0. The Labute approximate surface area is 220 Å². The summed E-state index contributed by atoms with van der Waals surface area (Å²) in [6.07, 6.45) is 0.157. The molecule has 0 saturated carbocycles. The predicted octanol–water partition coefficient (Wildman–Crippen LogP) is 3.28. The number of hydroxylamine groups is 1. The maximum Gasteiger partial charge on any atom is 0.319 e. The number of rotatable bonds is 12. The van der Waals surface area contributed by atoms with Gasteiger partial charge in [-0.05, 0) is 66.1 Å². The number of urea groups is 1. The van der Waals surface area contributed by atoms with Crippen molar-refractivity contribution in [3.05, 3.63) is 89.7 Å². The first kappa shape index (κ1) is 28.6. The number of hydrogen-bond donors (Lipinski definition) is 4. The number of benzene rings is 3. The Hall–Kier alpha value is -4.00. The number of carbonyl (C=O) groups excluding carboxylic acids is 2. The number of ether oxygens (including phenoxy) is 1. The van der Waals surface area contributed by atoms with Crippen molar-refractivity contribution in [2.75, 3.05) is 25.5 Å². The third-order valence-electron chi connectivity index (χ3n) is 5.64. The molecule has 0 radical (unpaired) electrons. The van der Waals surface area contributed by atoms with Crippen LogP contribution in [0.3, 0.4) is 0 Å². The molecule has 0 aliphatic rings. The number of nitrogens with one attached hydrogen (secondary N) is 3. The van der Waals surface area contributed by atoms with Gasteiger partial charge in [0.1, 0.15) is 11.6 Å². The largest absolute Gasteiger partial charge is 0.497 e. The monoisotopic (exact) mass is 544 g/mol. The average molecular weight is 545 g/mol. The number of halogens is 1. The highest BCUT2D eigenvalue weighted by Gasteiger charge is 2.25. The first-order valence-electron chi connectivity index (χ1n) is 11.7. The Balaban J connectivity index is 1.65. The Kier molecular flexibility index (Phi) is 10.2. The molecule has 0 saturated heterocycles. The zero-order valence-electron chi connectivity index (χ0n) is 20.7. The summed E-state index contributed by atoms with van der Waals surface area (Å²) in [6.45, 7) is 0.138. The number of sulfonamides is 1. The number of anilines is 1. The molecule has 0 bridgehead atoms. The average Bonchev–Trinajstić information content (AvgIpc) is 2.93. The van der Waals surface area contributed by atoms with Gasteiger partial charge in [0, 0.05) is 31.7 Å². The molecule has 0 aliphatic heterocycles. The standard InChI is InChI=1S/C26H29FN4O6S/c1-37-23-10-4-19(5-11-23)14-16-31(17-15-25(32)30-34)38(35,36)24-12-8-22(9-13-24)29-26(33)28-18-20-2-6-21(27)7-3-20/h2-13,34H,14-18H2,1H3,(H,30,32)(H2,28,29,33). The predicted molar refractivity (Wildman–Crippen MR) is 139 cm³/mol. The lowest BCUT2D eigenvalue weighted by molar-refractivity contribution is -0.129. The maximum absolute atomic E-state index is 13.4. The zero-order chi connectivity index (χ0) is 27.5. The molecule has 202 valence electrons. The van der Waals surface area contributed by atoms with E-state index in [1.54, 1.807) is 31.4 Å². The molecule has 0 spiro atoms. The summed E-state index contributed by atoms with van der Waals surface area (Å²) in [7, 11) is -2.44. The molecule has 0 unspecified atom stereocenters. The molecule has 38 heavy (non-hydrogen) atoms. The molecule has 0 aliphatic carbocycles. The summed E-state index contributed by atoms with van der Waals surface area (Å²) in [4.78, 5) is 23.7. The minimum atomic E-state index is -3.99. The minimum absolute atomic E-state index is 0.0195. The van der Waals surface area contributed by atoms with Gasteiger partial charge in [0.05, 0.1) is 12.0 Å².